The fourth-order valence-corrected chi connectivity index (χ4v) is 6.05. The zero-order valence-electron chi connectivity index (χ0n) is 23.6. The first kappa shape index (κ1) is 30.6. The first-order chi connectivity index (χ1) is 18.4. The van der Waals surface area contributed by atoms with E-state index in [1.165, 1.54) is 31.1 Å². The molecule has 3 rings (SSSR count). The topological polar surface area (TPSA) is 90.0 Å². The molecule has 1 aliphatic carbocycles. The number of benzene rings is 2. The molecule has 0 spiro atoms. The van der Waals surface area contributed by atoms with Gasteiger partial charge in [-0.25, -0.2) is 8.70 Å². The summed E-state index contributed by atoms with van der Waals surface area (Å²) >= 11 is 0. The summed E-state index contributed by atoms with van der Waals surface area (Å²) in [5, 5.41) is 3.12. The van der Waals surface area contributed by atoms with Gasteiger partial charge >= 0.3 is 10.2 Å². The molecule has 0 radical (unpaired) electrons. The molecule has 2 amide bonds. The van der Waals surface area contributed by atoms with E-state index in [1.807, 2.05) is 26.0 Å². The molecule has 0 aromatic heterocycles. The van der Waals surface area contributed by atoms with E-state index in [4.69, 9.17) is 0 Å². The van der Waals surface area contributed by atoms with Crippen LogP contribution in [0.2, 0.25) is 0 Å². The van der Waals surface area contributed by atoms with Crippen LogP contribution in [-0.2, 0) is 26.3 Å². The number of carbonyl (C=O) groups is 2. The predicted octanol–water partition coefficient (Wildman–Crippen LogP) is 4.31. The van der Waals surface area contributed by atoms with E-state index in [0.29, 0.717) is 23.2 Å². The molecule has 2 aromatic carbocycles. The first-order valence-electron chi connectivity index (χ1n) is 13.6. The zero-order chi connectivity index (χ0) is 28.7. The van der Waals surface area contributed by atoms with E-state index in [1.54, 1.807) is 25.1 Å². The second-order valence-corrected chi connectivity index (χ2v) is 12.6. The quantitative estimate of drug-likeness (QED) is 0.444. The first-order valence-corrected chi connectivity index (χ1v) is 15.0. The van der Waals surface area contributed by atoms with Gasteiger partial charge in [-0.15, -0.1) is 0 Å². The minimum absolute atomic E-state index is 0.0400. The van der Waals surface area contributed by atoms with Crippen molar-refractivity contribution in [2.75, 3.05) is 24.9 Å². The minimum Gasteiger partial charge on any atom is -0.352 e. The molecule has 39 heavy (non-hydrogen) atoms. The lowest BCUT2D eigenvalue weighted by Crippen LogP contribution is -2.54. The fourth-order valence-electron chi connectivity index (χ4n) is 4.94. The van der Waals surface area contributed by atoms with E-state index in [0.717, 1.165) is 46.3 Å². The van der Waals surface area contributed by atoms with Crippen LogP contribution in [0.1, 0.15) is 62.1 Å². The van der Waals surface area contributed by atoms with Gasteiger partial charge in [0.15, 0.2) is 0 Å². The van der Waals surface area contributed by atoms with Crippen molar-refractivity contribution in [3.05, 3.63) is 65.0 Å². The van der Waals surface area contributed by atoms with Gasteiger partial charge in [0.05, 0.1) is 5.69 Å². The molecule has 0 aliphatic heterocycles. The molecule has 10 heteroatoms. The Kier molecular flexibility index (Phi) is 10.5. The third kappa shape index (κ3) is 7.79. The Labute approximate surface area is 232 Å². The summed E-state index contributed by atoms with van der Waals surface area (Å²) < 4.78 is 42.7. The third-order valence-corrected chi connectivity index (χ3v) is 9.06. The van der Waals surface area contributed by atoms with Crippen molar-refractivity contribution in [3.63, 3.8) is 0 Å². The van der Waals surface area contributed by atoms with Crippen LogP contribution in [0.5, 0.6) is 0 Å². The highest BCUT2D eigenvalue weighted by molar-refractivity contribution is 7.90. The molecule has 0 heterocycles. The summed E-state index contributed by atoms with van der Waals surface area (Å²) in [6.45, 7) is 5.03. The second kappa shape index (κ2) is 13.4. The molecule has 1 aliphatic rings. The Hall–Kier alpha value is -2.98. The molecule has 1 saturated carbocycles. The maximum Gasteiger partial charge on any atom is 0.304 e. The number of hydrogen-bond donors (Lipinski definition) is 1. The van der Waals surface area contributed by atoms with E-state index in [2.05, 4.69) is 5.32 Å². The smallest absolute Gasteiger partial charge is 0.304 e. The van der Waals surface area contributed by atoms with Crippen molar-refractivity contribution in [2.45, 2.75) is 77.9 Å². The average molecular weight is 561 g/mol. The van der Waals surface area contributed by atoms with Gasteiger partial charge in [-0.2, -0.15) is 12.7 Å². The Morgan fingerprint density at radius 3 is 2.26 bits per heavy atom. The Morgan fingerprint density at radius 1 is 1.03 bits per heavy atom. The summed E-state index contributed by atoms with van der Waals surface area (Å²) in [7, 11) is -1.21. The number of nitrogens with zero attached hydrogens (tertiary/aromatic N) is 3. The van der Waals surface area contributed by atoms with Gasteiger partial charge in [0, 0.05) is 26.7 Å². The van der Waals surface area contributed by atoms with Crippen LogP contribution in [0.3, 0.4) is 0 Å². The maximum atomic E-state index is 14.0. The number of nitrogens with one attached hydrogen (secondary N) is 1. The van der Waals surface area contributed by atoms with Crippen molar-refractivity contribution in [3.8, 4) is 0 Å². The molecular formula is C29H41FN4O4S. The molecule has 8 nitrogen and oxygen atoms in total. The van der Waals surface area contributed by atoms with Crippen LogP contribution in [0, 0.1) is 19.7 Å². The van der Waals surface area contributed by atoms with Crippen LogP contribution < -0.4 is 9.62 Å². The number of aryl methyl sites for hydroxylation is 2. The molecule has 1 atom stereocenters. The highest BCUT2D eigenvalue weighted by Gasteiger charge is 2.35. The molecular weight excluding hydrogens is 519 g/mol. The number of halogens is 1. The molecule has 0 unspecified atom stereocenters. The lowest BCUT2D eigenvalue weighted by Gasteiger charge is -2.35. The largest absolute Gasteiger partial charge is 0.352 e. The minimum atomic E-state index is -4.04. The van der Waals surface area contributed by atoms with Crippen LogP contribution in [0.15, 0.2) is 42.5 Å². The number of rotatable bonds is 11. The summed E-state index contributed by atoms with van der Waals surface area (Å²) in [4.78, 5) is 28.9. The van der Waals surface area contributed by atoms with Crippen molar-refractivity contribution in [1.82, 2.24) is 14.5 Å². The standard InChI is InChI=1S/C29H41FN4O4S/c1-6-26(29(36)31-25-10-8-7-9-11-25)33(19-23-14-16-24(30)17-15-23)28(35)20-34(39(37,38)32(4)5)27-18-21(2)12-13-22(27)3/h12-18,25-26H,6-11,19-20H2,1-5H3,(H,31,36)/t26-/m0/s1. The number of amides is 2. The van der Waals surface area contributed by atoms with Gasteiger partial charge in [0.1, 0.15) is 18.4 Å². The lowest BCUT2D eigenvalue weighted by molar-refractivity contribution is -0.140. The molecule has 214 valence electrons. The van der Waals surface area contributed by atoms with Crippen LogP contribution >= 0.6 is 0 Å². The van der Waals surface area contributed by atoms with Gasteiger partial charge < -0.3 is 10.2 Å². The molecule has 1 fully saturated rings. The van der Waals surface area contributed by atoms with Crippen molar-refractivity contribution < 1.29 is 22.4 Å². The van der Waals surface area contributed by atoms with E-state index >= 15 is 0 Å². The van der Waals surface area contributed by atoms with Gasteiger partial charge in [0.2, 0.25) is 11.8 Å². The number of anilines is 1. The van der Waals surface area contributed by atoms with Gasteiger partial charge in [0.25, 0.3) is 0 Å². The van der Waals surface area contributed by atoms with Gasteiger partial charge in [-0.05, 0) is 68.0 Å². The Bertz CT molecular complexity index is 1240. The average Bonchev–Trinajstić information content (AvgIpc) is 2.90. The lowest BCUT2D eigenvalue weighted by atomic mass is 9.95. The monoisotopic (exact) mass is 560 g/mol. The zero-order valence-corrected chi connectivity index (χ0v) is 24.4. The number of hydrogen-bond acceptors (Lipinski definition) is 4. The van der Waals surface area contributed by atoms with E-state index < -0.39 is 34.5 Å². The Morgan fingerprint density at radius 2 is 1.67 bits per heavy atom. The third-order valence-electron chi connectivity index (χ3n) is 7.26. The highest BCUT2D eigenvalue weighted by Crippen LogP contribution is 2.26. The van der Waals surface area contributed by atoms with E-state index in [-0.39, 0.29) is 18.5 Å². The Balaban J connectivity index is 1.99. The SMILES string of the molecule is CC[C@@H](C(=O)NC1CCCCC1)N(Cc1ccc(F)cc1)C(=O)CN(c1cc(C)ccc1C)S(=O)(=O)N(C)C. The molecule has 1 N–H and O–H groups in total. The van der Waals surface area contributed by atoms with Gasteiger partial charge in [-0.1, -0.05) is 50.5 Å². The second-order valence-electron chi connectivity index (χ2n) is 10.5. The molecule has 0 saturated heterocycles. The molecule has 2 aromatic rings. The van der Waals surface area contributed by atoms with Gasteiger partial charge in [-0.3, -0.25) is 9.59 Å². The van der Waals surface area contributed by atoms with E-state index in [9.17, 15) is 22.4 Å². The van der Waals surface area contributed by atoms with Crippen molar-refractivity contribution >= 4 is 27.7 Å². The van der Waals surface area contributed by atoms with Crippen LogP contribution in [0.25, 0.3) is 0 Å². The normalized spacial score (nSPS) is 15.2. The van der Waals surface area contributed by atoms with Crippen molar-refractivity contribution in [1.29, 1.82) is 0 Å². The number of carbonyl (C=O) groups excluding carboxylic acids is 2. The highest BCUT2D eigenvalue weighted by atomic mass is 32.2. The predicted molar refractivity (Wildman–Crippen MR) is 152 cm³/mol. The van der Waals surface area contributed by atoms with Crippen LogP contribution in [0.4, 0.5) is 10.1 Å². The van der Waals surface area contributed by atoms with Crippen molar-refractivity contribution in [2.24, 2.45) is 0 Å². The summed E-state index contributed by atoms with van der Waals surface area (Å²) in [6.07, 6.45) is 5.38. The summed E-state index contributed by atoms with van der Waals surface area (Å²) in [5.41, 5.74) is 2.59. The summed E-state index contributed by atoms with van der Waals surface area (Å²) in [6, 6.07) is 10.4. The molecule has 0 bridgehead atoms. The summed E-state index contributed by atoms with van der Waals surface area (Å²) in [5.74, 6) is -1.18. The fraction of sp³-hybridized carbons (Fsp3) is 0.517. The van der Waals surface area contributed by atoms with Crippen LogP contribution in [-0.4, -0.2) is 62.2 Å². The maximum absolute atomic E-state index is 14.0.